The first-order valence-corrected chi connectivity index (χ1v) is 3.45. The molecular formula is C8H14F. The average Bonchev–Trinajstić information content (AvgIpc) is 1.89. The van der Waals surface area contributed by atoms with Gasteiger partial charge in [-0.2, -0.15) is 0 Å². The van der Waals surface area contributed by atoms with Crippen molar-refractivity contribution < 1.29 is 4.39 Å². The molecule has 0 aromatic heterocycles. The van der Waals surface area contributed by atoms with Gasteiger partial charge in [-0.3, -0.25) is 0 Å². The summed E-state index contributed by atoms with van der Waals surface area (Å²) < 4.78 is 12.3. The molecule has 0 unspecified atom stereocenters. The number of hydrogen-bond donors (Lipinski definition) is 0. The predicted molar refractivity (Wildman–Crippen MR) is 38.7 cm³/mol. The van der Waals surface area contributed by atoms with Crippen LogP contribution in [0.2, 0.25) is 0 Å². The molecule has 0 atom stereocenters. The molecule has 0 fully saturated rings. The highest BCUT2D eigenvalue weighted by Gasteiger charge is 1.99. The number of halogens is 1. The molecule has 1 radical (unpaired) electrons. The van der Waals surface area contributed by atoms with Crippen molar-refractivity contribution in [2.45, 2.75) is 32.6 Å². The molecule has 0 bridgehead atoms. The fraction of sp³-hybridized carbons (Fsp3) is 0.625. The molecule has 0 aromatic carbocycles. The van der Waals surface area contributed by atoms with Gasteiger partial charge in [0.05, 0.1) is 0 Å². The summed E-state index contributed by atoms with van der Waals surface area (Å²) in [6, 6.07) is 0. The summed E-state index contributed by atoms with van der Waals surface area (Å²) in [5.41, 5.74) is 0. The monoisotopic (exact) mass is 129 g/mol. The molecule has 53 valence electrons. The van der Waals surface area contributed by atoms with E-state index in [9.17, 15) is 4.39 Å². The van der Waals surface area contributed by atoms with Gasteiger partial charge in [0.2, 0.25) is 0 Å². The summed E-state index contributed by atoms with van der Waals surface area (Å²) in [6.45, 7) is 5.43. The second kappa shape index (κ2) is 5.80. The fourth-order valence-electron chi connectivity index (χ4n) is 0.646. The van der Waals surface area contributed by atoms with Crippen molar-refractivity contribution in [1.29, 1.82) is 0 Å². The van der Waals surface area contributed by atoms with Crippen molar-refractivity contribution in [1.82, 2.24) is 0 Å². The van der Waals surface area contributed by atoms with Gasteiger partial charge >= 0.3 is 0 Å². The van der Waals surface area contributed by atoms with Crippen molar-refractivity contribution in [3.05, 3.63) is 18.8 Å². The zero-order valence-corrected chi connectivity index (χ0v) is 5.99. The molecule has 1 heteroatoms. The van der Waals surface area contributed by atoms with Gasteiger partial charge in [0.25, 0.3) is 0 Å². The fourth-order valence-corrected chi connectivity index (χ4v) is 0.646. The van der Waals surface area contributed by atoms with Crippen LogP contribution in [0.5, 0.6) is 0 Å². The molecule has 9 heavy (non-hydrogen) atoms. The molecule has 0 aliphatic carbocycles. The molecular weight excluding hydrogens is 115 g/mol. The van der Waals surface area contributed by atoms with Crippen LogP contribution >= 0.6 is 0 Å². The molecule has 0 rings (SSSR count). The van der Waals surface area contributed by atoms with Gasteiger partial charge in [0.1, 0.15) is 0 Å². The zero-order valence-electron chi connectivity index (χ0n) is 5.99. The zero-order chi connectivity index (χ0) is 7.11. The van der Waals surface area contributed by atoms with Crippen LogP contribution in [0.25, 0.3) is 0 Å². The predicted octanol–water partition coefficient (Wildman–Crippen LogP) is 3.25. The third kappa shape index (κ3) is 5.54. The minimum Gasteiger partial charge on any atom is -0.235 e. The number of rotatable bonds is 5. The van der Waals surface area contributed by atoms with E-state index in [4.69, 9.17) is 0 Å². The first-order chi connectivity index (χ1) is 4.31. The Kier molecular flexibility index (Phi) is 5.59. The summed E-state index contributed by atoms with van der Waals surface area (Å²) in [5.74, 6) is 0. The standard InChI is InChI=1S/C8H14F/c1-3-5-6-7-8(9)4-2/h4H,2-3,5-7H2,1H3. The van der Waals surface area contributed by atoms with Gasteiger partial charge in [-0.25, -0.2) is 4.39 Å². The Labute approximate surface area is 56.8 Å². The van der Waals surface area contributed by atoms with Crippen molar-refractivity contribution in [3.8, 4) is 0 Å². The lowest BCUT2D eigenvalue weighted by atomic mass is 10.1. The lowest BCUT2D eigenvalue weighted by Gasteiger charge is -1.97. The SMILES string of the molecule is C=C[C](F)CCCCC. The van der Waals surface area contributed by atoms with Crippen LogP contribution in [0, 0.1) is 6.17 Å². The minimum absolute atomic E-state index is 0.0801. The van der Waals surface area contributed by atoms with Crippen molar-refractivity contribution in [2.75, 3.05) is 0 Å². The van der Waals surface area contributed by atoms with Gasteiger partial charge in [-0.1, -0.05) is 32.4 Å². The molecule has 0 aliphatic heterocycles. The Morgan fingerprint density at radius 3 is 2.67 bits per heavy atom. The maximum absolute atomic E-state index is 12.3. The van der Waals surface area contributed by atoms with Crippen LogP contribution in [-0.2, 0) is 0 Å². The second-order valence-corrected chi connectivity index (χ2v) is 2.11. The van der Waals surface area contributed by atoms with Gasteiger partial charge in [-0.15, -0.1) is 0 Å². The molecule has 0 heterocycles. The topological polar surface area (TPSA) is 0 Å². The number of hydrogen-bond acceptors (Lipinski definition) is 0. The highest BCUT2D eigenvalue weighted by molar-refractivity contribution is 4.95. The lowest BCUT2D eigenvalue weighted by molar-refractivity contribution is 0.485. The first-order valence-electron chi connectivity index (χ1n) is 3.45. The molecule has 0 amide bonds. The van der Waals surface area contributed by atoms with Crippen LogP contribution in [0.3, 0.4) is 0 Å². The minimum atomic E-state index is -0.0801. The lowest BCUT2D eigenvalue weighted by Crippen LogP contribution is -1.82. The molecule has 0 aliphatic rings. The molecule has 0 N–H and O–H groups in total. The second-order valence-electron chi connectivity index (χ2n) is 2.11. The molecule has 0 nitrogen and oxygen atoms in total. The number of allylic oxidation sites excluding steroid dienone is 1. The number of unbranched alkanes of at least 4 members (excludes halogenated alkanes) is 2. The van der Waals surface area contributed by atoms with E-state index < -0.39 is 0 Å². The Morgan fingerprint density at radius 1 is 1.56 bits per heavy atom. The molecule has 0 saturated carbocycles. The molecule has 0 aromatic rings. The van der Waals surface area contributed by atoms with E-state index in [0.29, 0.717) is 6.42 Å². The Hall–Kier alpha value is -0.330. The molecule has 0 spiro atoms. The van der Waals surface area contributed by atoms with Crippen molar-refractivity contribution >= 4 is 0 Å². The Morgan fingerprint density at radius 2 is 2.22 bits per heavy atom. The van der Waals surface area contributed by atoms with Gasteiger partial charge in [-0.05, 0) is 12.8 Å². The van der Waals surface area contributed by atoms with E-state index in [2.05, 4.69) is 13.5 Å². The van der Waals surface area contributed by atoms with E-state index in [1.807, 2.05) is 0 Å². The van der Waals surface area contributed by atoms with Crippen LogP contribution < -0.4 is 0 Å². The van der Waals surface area contributed by atoms with E-state index in [1.165, 1.54) is 6.08 Å². The normalized spacial score (nSPS) is 10.1. The summed E-state index contributed by atoms with van der Waals surface area (Å²) in [7, 11) is 0. The third-order valence-electron chi connectivity index (χ3n) is 1.24. The van der Waals surface area contributed by atoms with Crippen molar-refractivity contribution in [3.63, 3.8) is 0 Å². The van der Waals surface area contributed by atoms with Gasteiger partial charge < -0.3 is 0 Å². The Balaban J connectivity index is 2.96. The van der Waals surface area contributed by atoms with E-state index in [-0.39, 0.29) is 6.17 Å². The van der Waals surface area contributed by atoms with Crippen LogP contribution in [0.1, 0.15) is 32.6 Å². The maximum Gasteiger partial charge on any atom is 0.166 e. The summed E-state index contributed by atoms with van der Waals surface area (Å²) in [4.78, 5) is 0. The quantitative estimate of drug-likeness (QED) is 0.500. The van der Waals surface area contributed by atoms with E-state index >= 15 is 0 Å². The van der Waals surface area contributed by atoms with Crippen LogP contribution in [0.15, 0.2) is 12.7 Å². The van der Waals surface area contributed by atoms with Crippen LogP contribution in [-0.4, -0.2) is 0 Å². The highest BCUT2D eigenvalue weighted by atomic mass is 19.1. The highest BCUT2D eigenvalue weighted by Crippen LogP contribution is 2.13. The summed E-state index contributed by atoms with van der Waals surface area (Å²) in [5, 5.41) is 0. The maximum atomic E-state index is 12.3. The third-order valence-corrected chi connectivity index (χ3v) is 1.24. The summed E-state index contributed by atoms with van der Waals surface area (Å²) in [6.07, 6.45) is 4.98. The van der Waals surface area contributed by atoms with E-state index in [1.54, 1.807) is 0 Å². The van der Waals surface area contributed by atoms with E-state index in [0.717, 1.165) is 19.3 Å². The van der Waals surface area contributed by atoms with Crippen LogP contribution in [0.4, 0.5) is 4.39 Å². The van der Waals surface area contributed by atoms with Crippen molar-refractivity contribution in [2.24, 2.45) is 0 Å². The average molecular weight is 129 g/mol. The first kappa shape index (κ1) is 8.67. The van der Waals surface area contributed by atoms with Gasteiger partial charge in [0, 0.05) is 0 Å². The smallest absolute Gasteiger partial charge is 0.166 e. The Bertz CT molecular complexity index is 69.0. The molecule has 0 saturated heterocycles. The largest absolute Gasteiger partial charge is 0.235 e. The van der Waals surface area contributed by atoms with Gasteiger partial charge in [0.15, 0.2) is 6.17 Å². The summed E-state index contributed by atoms with van der Waals surface area (Å²) >= 11 is 0.